The summed E-state index contributed by atoms with van der Waals surface area (Å²) in [6.45, 7) is 0.613. The average Bonchev–Trinajstić information content (AvgIpc) is 2.82. The fraction of sp³-hybridized carbons (Fsp3) is 0.833. The largest absolute Gasteiger partial charge is 0.479 e. The topological polar surface area (TPSA) is 87.7 Å². The smallest absolute Gasteiger partial charge is 0.334 e. The predicted molar refractivity (Wildman–Crippen MR) is 66.4 cm³/mol. The van der Waals surface area contributed by atoms with E-state index in [1.54, 1.807) is 0 Å². The summed E-state index contributed by atoms with van der Waals surface area (Å²) in [7, 11) is 1.30. The molecule has 0 heterocycles. The van der Waals surface area contributed by atoms with Gasteiger partial charge in [-0.1, -0.05) is 25.7 Å². The Kier molecular flexibility index (Phi) is 6.49. The van der Waals surface area contributed by atoms with Crippen LogP contribution in [0.4, 0.5) is 4.79 Å². The minimum atomic E-state index is -1.08. The monoisotopic (exact) mass is 258 g/mol. The standard InChI is InChI=1S/C12H22N2O4/c1-18-10(11(15)16)8-14-12(17)13-7-6-9-4-2-3-5-9/h9-10H,2-8H2,1H3,(H,15,16)(H2,13,14,17). The van der Waals surface area contributed by atoms with E-state index in [0.717, 1.165) is 12.3 Å². The van der Waals surface area contributed by atoms with E-state index in [2.05, 4.69) is 10.6 Å². The van der Waals surface area contributed by atoms with E-state index in [-0.39, 0.29) is 12.6 Å². The highest BCUT2D eigenvalue weighted by atomic mass is 16.5. The normalized spacial score (nSPS) is 17.4. The first-order valence-corrected chi connectivity index (χ1v) is 6.40. The van der Waals surface area contributed by atoms with Crippen molar-refractivity contribution in [2.75, 3.05) is 20.2 Å². The van der Waals surface area contributed by atoms with Crippen molar-refractivity contribution in [2.45, 2.75) is 38.2 Å². The molecule has 6 heteroatoms. The molecule has 0 aromatic carbocycles. The molecule has 0 aromatic heterocycles. The molecule has 3 N–H and O–H groups in total. The van der Waals surface area contributed by atoms with Crippen LogP contribution in [0, 0.1) is 5.92 Å². The summed E-state index contributed by atoms with van der Waals surface area (Å²) in [6, 6.07) is -0.337. The summed E-state index contributed by atoms with van der Waals surface area (Å²) < 4.78 is 4.71. The van der Waals surface area contributed by atoms with Gasteiger partial charge in [0.1, 0.15) is 0 Å². The minimum absolute atomic E-state index is 0.0267. The molecule has 0 aliphatic heterocycles. The van der Waals surface area contributed by atoms with Crippen molar-refractivity contribution >= 4 is 12.0 Å². The summed E-state index contributed by atoms with van der Waals surface area (Å²) in [4.78, 5) is 22.0. The second kappa shape index (κ2) is 7.92. The zero-order valence-corrected chi connectivity index (χ0v) is 10.8. The maximum Gasteiger partial charge on any atom is 0.334 e. The lowest BCUT2D eigenvalue weighted by Crippen LogP contribution is -2.43. The van der Waals surface area contributed by atoms with Crippen LogP contribution in [0.15, 0.2) is 0 Å². The second-order valence-corrected chi connectivity index (χ2v) is 4.64. The number of carbonyl (C=O) groups excluding carboxylic acids is 1. The van der Waals surface area contributed by atoms with Gasteiger partial charge >= 0.3 is 12.0 Å². The van der Waals surface area contributed by atoms with E-state index < -0.39 is 12.1 Å². The van der Waals surface area contributed by atoms with Gasteiger partial charge in [-0.25, -0.2) is 9.59 Å². The van der Waals surface area contributed by atoms with Gasteiger partial charge in [-0.05, 0) is 12.3 Å². The molecule has 1 fully saturated rings. The van der Waals surface area contributed by atoms with E-state index >= 15 is 0 Å². The van der Waals surface area contributed by atoms with Gasteiger partial charge in [0.25, 0.3) is 0 Å². The van der Waals surface area contributed by atoms with Gasteiger partial charge in [0.05, 0.1) is 6.54 Å². The van der Waals surface area contributed by atoms with Crippen LogP contribution in [-0.2, 0) is 9.53 Å². The molecule has 1 aliphatic rings. The zero-order valence-electron chi connectivity index (χ0n) is 10.8. The van der Waals surface area contributed by atoms with Crippen LogP contribution in [0.3, 0.4) is 0 Å². The Morgan fingerprint density at radius 3 is 2.56 bits per heavy atom. The van der Waals surface area contributed by atoms with E-state index in [1.807, 2.05) is 0 Å². The molecule has 0 aromatic rings. The SMILES string of the molecule is COC(CNC(=O)NCCC1CCCC1)C(=O)O. The molecular formula is C12H22N2O4. The zero-order chi connectivity index (χ0) is 13.4. The van der Waals surface area contributed by atoms with Crippen molar-refractivity contribution in [1.29, 1.82) is 0 Å². The molecule has 0 saturated heterocycles. The van der Waals surface area contributed by atoms with E-state index in [9.17, 15) is 9.59 Å². The van der Waals surface area contributed by atoms with E-state index in [1.165, 1.54) is 32.8 Å². The fourth-order valence-corrected chi connectivity index (χ4v) is 2.21. The highest BCUT2D eigenvalue weighted by Crippen LogP contribution is 2.26. The predicted octanol–water partition coefficient (Wildman–Crippen LogP) is 0.965. The fourth-order valence-electron chi connectivity index (χ4n) is 2.21. The van der Waals surface area contributed by atoms with Crippen LogP contribution < -0.4 is 10.6 Å². The molecule has 0 bridgehead atoms. The number of hydrogen-bond donors (Lipinski definition) is 3. The van der Waals surface area contributed by atoms with Gasteiger partial charge in [-0.2, -0.15) is 0 Å². The molecular weight excluding hydrogens is 236 g/mol. The molecule has 18 heavy (non-hydrogen) atoms. The average molecular weight is 258 g/mol. The molecule has 1 saturated carbocycles. The molecule has 0 radical (unpaired) electrons. The lowest BCUT2D eigenvalue weighted by molar-refractivity contribution is -0.147. The van der Waals surface area contributed by atoms with Crippen molar-refractivity contribution in [3.05, 3.63) is 0 Å². The lowest BCUT2D eigenvalue weighted by Gasteiger charge is -2.13. The summed E-state index contributed by atoms with van der Waals surface area (Å²) in [5, 5.41) is 13.9. The van der Waals surface area contributed by atoms with Gasteiger partial charge < -0.3 is 20.5 Å². The van der Waals surface area contributed by atoms with Crippen molar-refractivity contribution in [3.63, 3.8) is 0 Å². The summed E-state index contributed by atoms with van der Waals surface area (Å²) in [6.07, 6.45) is 5.11. The molecule has 1 atom stereocenters. The number of urea groups is 1. The first kappa shape index (κ1) is 14.8. The number of carboxylic acid groups (broad SMARTS) is 1. The third-order valence-electron chi connectivity index (χ3n) is 3.32. The van der Waals surface area contributed by atoms with Crippen molar-refractivity contribution < 1.29 is 19.4 Å². The molecule has 2 amide bonds. The third-order valence-corrected chi connectivity index (χ3v) is 3.32. The number of nitrogens with one attached hydrogen (secondary N) is 2. The Bertz CT molecular complexity index is 277. The molecule has 1 aliphatic carbocycles. The lowest BCUT2D eigenvalue weighted by atomic mass is 10.0. The van der Waals surface area contributed by atoms with Crippen LogP contribution in [0.25, 0.3) is 0 Å². The number of carbonyl (C=O) groups is 2. The van der Waals surface area contributed by atoms with Crippen molar-refractivity contribution in [1.82, 2.24) is 10.6 Å². The maximum absolute atomic E-state index is 11.4. The van der Waals surface area contributed by atoms with Gasteiger partial charge in [-0.15, -0.1) is 0 Å². The first-order valence-electron chi connectivity index (χ1n) is 6.40. The van der Waals surface area contributed by atoms with Gasteiger partial charge in [0, 0.05) is 13.7 Å². The summed E-state index contributed by atoms with van der Waals surface area (Å²) in [5.74, 6) is -0.347. The van der Waals surface area contributed by atoms with Crippen LogP contribution in [0.1, 0.15) is 32.1 Å². The summed E-state index contributed by atoms with van der Waals surface area (Å²) >= 11 is 0. The Morgan fingerprint density at radius 1 is 1.33 bits per heavy atom. The molecule has 6 nitrogen and oxygen atoms in total. The minimum Gasteiger partial charge on any atom is -0.479 e. The van der Waals surface area contributed by atoms with Crippen LogP contribution in [-0.4, -0.2) is 43.4 Å². The Labute approximate surface area is 107 Å². The van der Waals surface area contributed by atoms with Gasteiger partial charge in [0.15, 0.2) is 6.10 Å². The third kappa shape index (κ3) is 5.35. The Balaban J connectivity index is 2.07. The van der Waals surface area contributed by atoms with Crippen molar-refractivity contribution in [2.24, 2.45) is 5.92 Å². The van der Waals surface area contributed by atoms with Gasteiger partial charge in [-0.3, -0.25) is 0 Å². The highest BCUT2D eigenvalue weighted by molar-refractivity contribution is 5.76. The number of rotatable bonds is 7. The second-order valence-electron chi connectivity index (χ2n) is 4.64. The number of carboxylic acids is 1. The molecule has 104 valence electrons. The van der Waals surface area contributed by atoms with Crippen LogP contribution in [0.5, 0.6) is 0 Å². The number of aliphatic carboxylic acids is 1. The molecule has 1 unspecified atom stereocenters. The maximum atomic E-state index is 11.4. The van der Waals surface area contributed by atoms with Crippen LogP contribution >= 0.6 is 0 Å². The van der Waals surface area contributed by atoms with Gasteiger partial charge in [0.2, 0.25) is 0 Å². The number of ether oxygens (including phenoxy) is 1. The molecule has 1 rings (SSSR count). The molecule has 0 spiro atoms. The van der Waals surface area contributed by atoms with E-state index in [4.69, 9.17) is 9.84 Å². The number of amides is 2. The Hall–Kier alpha value is -1.30. The summed E-state index contributed by atoms with van der Waals surface area (Å²) in [5.41, 5.74) is 0. The van der Waals surface area contributed by atoms with E-state index in [0.29, 0.717) is 6.54 Å². The number of methoxy groups -OCH3 is 1. The van der Waals surface area contributed by atoms with Crippen LogP contribution in [0.2, 0.25) is 0 Å². The number of hydrogen-bond acceptors (Lipinski definition) is 3. The Morgan fingerprint density at radius 2 is 2.00 bits per heavy atom. The first-order chi connectivity index (χ1) is 8.63. The van der Waals surface area contributed by atoms with Crippen molar-refractivity contribution in [3.8, 4) is 0 Å². The quantitative estimate of drug-likeness (QED) is 0.635. The highest BCUT2D eigenvalue weighted by Gasteiger charge is 2.17.